The van der Waals surface area contributed by atoms with Crippen LogP contribution in [0.4, 0.5) is 5.69 Å². The number of esters is 1. The van der Waals surface area contributed by atoms with Crippen molar-refractivity contribution >= 4 is 33.3 Å². The number of para-hydroxylation sites is 1. The second kappa shape index (κ2) is 8.81. The lowest BCUT2D eigenvalue weighted by atomic mass is 10.2. The van der Waals surface area contributed by atoms with E-state index in [0.717, 1.165) is 5.69 Å². The predicted octanol–water partition coefficient (Wildman–Crippen LogP) is 2.40. The molecule has 28 heavy (non-hydrogen) atoms. The summed E-state index contributed by atoms with van der Waals surface area (Å²) in [6.07, 6.45) is 0. The first-order valence-corrected chi connectivity index (χ1v) is 10.5. The highest BCUT2D eigenvalue weighted by Crippen LogP contribution is 2.29. The zero-order valence-electron chi connectivity index (χ0n) is 15.4. The summed E-state index contributed by atoms with van der Waals surface area (Å²) >= 11 is 6.14. The molecular formula is C19H21ClN2O5S. The van der Waals surface area contributed by atoms with Crippen LogP contribution in [0, 0.1) is 0 Å². The molecule has 1 aliphatic rings. The van der Waals surface area contributed by atoms with Gasteiger partial charge in [0, 0.05) is 31.9 Å². The third kappa shape index (κ3) is 4.57. The van der Waals surface area contributed by atoms with Crippen molar-refractivity contribution in [2.75, 3.05) is 44.8 Å². The van der Waals surface area contributed by atoms with Gasteiger partial charge in [0.25, 0.3) is 0 Å². The Labute approximate surface area is 169 Å². The second-order valence-corrected chi connectivity index (χ2v) is 8.53. The van der Waals surface area contributed by atoms with Gasteiger partial charge < -0.3 is 14.4 Å². The van der Waals surface area contributed by atoms with Crippen LogP contribution in [0.25, 0.3) is 0 Å². The molecule has 1 saturated heterocycles. The molecule has 0 N–H and O–H groups in total. The summed E-state index contributed by atoms with van der Waals surface area (Å²) in [4.78, 5) is 13.4. The van der Waals surface area contributed by atoms with Crippen molar-refractivity contribution in [2.24, 2.45) is 0 Å². The van der Waals surface area contributed by atoms with Gasteiger partial charge in [0.1, 0.15) is 5.75 Å². The van der Waals surface area contributed by atoms with Gasteiger partial charge in [-0.2, -0.15) is 4.31 Å². The van der Waals surface area contributed by atoms with Crippen LogP contribution < -0.4 is 9.64 Å². The molecule has 0 amide bonds. The Bertz CT molecular complexity index is 929. The first-order chi connectivity index (χ1) is 13.4. The molecule has 0 aromatic heterocycles. The van der Waals surface area contributed by atoms with E-state index in [1.807, 2.05) is 30.3 Å². The fraction of sp³-hybridized carbons (Fsp3) is 0.316. The van der Waals surface area contributed by atoms with Crippen LogP contribution >= 0.6 is 11.6 Å². The number of halogens is 1. The Balaban J connectivity index is 1.68. The summed E-state index contributed by atoms with van der Waals surface area (Å²) in [5.41, 5.74) is 1.08. The van der Waals surface area contributed by atoms with E-state index < -0.39 is 16.0 Å². The topological polar surface area (TPSA) is 76.1 Å². The van der Waals surface area contributed by atoms with Gasteiger partial charge in [0.2, 0.25) is 10.0 Å². The number of ether oxygens (including phenoxy) is 2. The Hall–Kier alpha value is -2.29. The first-order valence-electron chi connectivity index (χ1n) is 8.71. The Morgan fingerprint density at radius 1 is 1.07 bits per heavy atom. The molecule has 1 fully saturated rings. The van der Waals surface area contributed by atoms with E-state index in [2.05, 4.69) is 9.64 Å². The number of hydrogen-bond donors (Lipinski definition) is 0. The van der Waals surface area contributed by atoms with E-state index in [1.165, 1.54) is 29.6 Å². The van der Waals surface area contributed by atoms with Crippen LogP contribution in [0.2, 0.25) is 5.02 Å². The lowest BCUT2D eigenvalue weighted by Crippen LogP contribution is -2.48. The standard InChI is InChI=1S/C19H21ClN2O5S/c1-26-19(23)14-27-18-8-7-16(13-17(18)20)28(24,25)22-11-9-21(10-12-22)15-5-3-2-4-6-15/h2-8,13H,9-12,14H2,1H3. The van der Waals surface area contributed by atoms with Gasteiger partial charge >= 0.3 is 5.97 Å². The minimum Gasteiger partial charge on any atom is -0.480 e. The number of hydrogen-bond acceptors (Lipinski definition) is 6. The van der Waals surface area contributed by atoms with Crippen molar-refractivity contribution in [1.82, 2.24) is 4.31 Å². The second-order valence-electron chi connectivity index (χ2n) is 6.18. The molecule has 0 unspecified atom stereocenters. The number of benzene rings is 2. The largest absolute Gasteiger partial charge is 0.480 e. The summed E-state index contributed by atoms with van der Waals surface area (Å²) < 4.78 is 37.1. The molecule has 0 radical (unpaired) electrons. The van der Waals surface area contributed by atoms with Gasteiger partial charge in [-0.05, 0) is 30.3 Å². The van der Waals surface area contributed by atoms with E-state index >= 15 is 0 Å². The van der Waals surface area contributed by atoms with Crippen LogP contribution in [-0.2, 0) is 19.6 Å². The summed E-state index contributed by atoms with van der Waals surface area (Å²) in [5, 5.41) is 0.118. The molecule has 7 nitrogen and oxygen atoms in total. The number of nitrogens with zero attached hydrogens (tertiary/aromatic N) is 2. The molecule has 9 heteroatoms. The van der Waals surface area contributed by atoms with Crippen LogP contribution in [0.1, 0.15) is 0 Å². The van der Waals surface area contributed by atoms with E-state index in [9.17, 15) is 13.2 Å². The molecule has 150 valence electrons. The molecule has 2 aromatic carbocycles. The van der Waals surface area contributed by atoms with Crippen LogP contribution in [0.15, 0.2) is 53.4 Å². The number of carbonyl (C=O) groups excluding carboxylic acids is 1. The summed E-state index contributed by atoms with van der Waals surface area (Å²) in [6.45, 7) is 1.68. The van der Waals surface area contributed by atoms with Crippen molar-refractivity contribution in [1.29, 1.82) is 0 Å². The maximum absolute atomic E-state index is 12.9. The third-order valence-electron chi connectivity index (χ3n) is 4.47. The molecule has 1 aliphatic heterocycles. The quantitative estimate of drug-likeness (QED) is 0.663. The van der Waals surface area contributed by atoms with Crippen molar-refractivity contribution < 1.29 is 22.7 Å². The van der Waals surface area contributed by atoms with Crippen LogP contribution in [-0.4, -0.2) is 58.6 Å². The predicted molar refractivity (Wildman–Crippen MR) is 106 cm³/mol. The van der Waals surface area contributed by atoms with Gasteiger partial charge in [-0.3, -0.25) is 0 Å². The highest BCUT2D eigenvalue weighted by atomic mass is 35.5. The Kier molecular flexibility index (Phi) is 6.43. The average molecular weight is 425 g/mol. The van der Waals surface area contributed by atoms with Gasteiger partial charge in [0.05, 0.1) is 17.0 Å². The van der Waals surface area contributed by atoms with Gasteiger partial charge in [-0.15, -0.1) is 0 Å². The highest BCUT2D eigenvalue weighted by Gasteiger charge is 2.29. The number of anilines is 1. The van der Waals surface area contributed by atoms with Crippen molar-refractivity contribution in [3.63, 3.8) is 0 Å². The molecular weight excluding hydrogens is 404 g/mol. The molecule has 0 aliphatic carbocycles. The summed E-state index contributed by atoms with van der Waals surface area (Å²) in [6, 6.07) is 14.1. The van der Waals surface area contributed by atoms with Gasteiger partial charge in [-0.1, -0.05) is 29.8 Å². The zero-order chi connectivity index (χ0) is 20.1. The highest BCUT2D eigenvalue weighted by molar-refractivity contribution is 7.89. The number of piperazine rings is 1. The van der Waals surface area contributed by atoms with Crippen molar-refractivity contribution in [3.05, 3.63) is 53.6 Å². The molecule has 1 heterocycles. The molecule has 0 spiro atoms. The maximum atomic E-state index is 12.9. The van der Waals surface area contributed by atoms with E-state index in [0.29, 0.717) is 26.2 Å². The molecule has 0 bridgehead atoms. The number of rotatable bonds is 6. The van der Waals surface area contributed by atoms with Crippen LogP contribution in [0.3, 0.4) is 0 Å². The summed E-state index contributed by atoms with van der Waals surface area (Å²) in [7, 11) is -2.42. The van der Waals surface area contributed by atoms with Gasteiger partial charge in [0.15, 0.2) is 6.61 Å². The minimum atomic E-state index is -3.67. The monoisotopic (exact) mass is 424 g/mol. The smallest absolute Gasteiger partial charge is 0.343 e. The molecule has 3 rings (SSSR count). The SMILES string of the molecule is COC(=O)COc1ccc(S(=O)(=O)N2CCN(c3ccccc3)CC2)cc1Cl. The minimum absolute atomic E-state index is 0.0936. The molecule has 0 atom stereocenters. The fourth-order valence-corrected chi connectivity index (χ4v) is 4.68. The van der Waals surface area contributed by atoms with E-state index in [1.54, 1.807) is 0 Å². The number of sulfonamides is 1. The van der Waals surface area contributed by atoms with Gasteiger partial charge in [-0.25, -0.2) is 13.2 Å². The number of carbonyl (C=O) groups is 1. The number of methoxy groups -OCH3 is 1. The van der Waals surface area contributed by atoms with E-state index in [4.69, 9.17) is 16.3 Å². The van der Waals surface area contributed by atoms with Crippen molar-refractivity contribution in [3.8, 4) is 5.75 Å². The maximum Gasteiger partial charge on any atom is 0.343 e. The Morgan fingerprint density at radius 2 is 1.75 bits per heavy atom. The lowest BCUT2D eigenvalue weighted by Gasteiger charge is -2.35. The fourth-order valence-electron chi connectivity index (χ4n) is 2.93. The molecule has 0 saturated carbocycles. The van der Waals surface area contributed by atoms with E-state index in [-0.39, 0.29) is 22.3 Å². The Morgan fingerprint density at radius 3 is 2.36 bits per heavy atom. The van der Waals surface area contributed by atoms with Crippen LogP contribution in [0.5, 0.6) is 5.75 Å². The zero-order valence-corrected chi connectivity index (χ0v) is 16.9. The third-order valence-corrected chi connectivity index (χ3v) is 6.66. The average Bonchev–Trinajstić information content (AvgIpc) is 2.73. The first kappa shape index (κ1) is 20.4. The van der Waals surface area contributed by atoms with Crippen molar-refractivity contribution in [2.45, 2.75) is 4.90 Å². The molecule has 2 aromatic rings. The normalized spacial score (nSPS) is 15.3. The summed E-state index contributed by atoms with van der Waals surface area (Å²) in [5.74, 6) is -0.330. The lowest BCUT2D eigenvalue weighted by molar-refractivity contribution is -0.142.